The number of hydrogen-bond donors (Lipinski definition) is 5. The average Bonchev–Trinajstić information content (AvgIpc) is 2.79. The third-order valence-electron chi connectivity index (χ3n) is 5.35. The molecule has 1 aromatic carbocycles. The molecule has 196 valence electrons. The number of rotatable bonds is 11. The summed E-state index contributed by atoms with van der Waals surface area (Å²) in [7, 11) is -10.6. The van der Waals surface area contributed by atoms with Crippen molar-refractivity contribution in [2.75, 3.05) is 19.7 Å². The fourth-order valence-corrected chi connectivity index (χ4v) is 5.61. The van der Waals surface area contributed by atoms with E-state index in [1.165, 1.54) is 0 Å². The molecule has 1 aromatic rings. The Hall–Kier alpha value is -2.27. The van der Waals surface area contributed by atoms with Crippen molar-refractivity contribution in [3.8, 4) is 0 Å². The summed E-state index contributed by atoms with van der Waals surface area (Å²) in [6.45, 7) is 1.34. The van der Waals surface area contributed by atoms with Crippen LogP contribution in [-0.2, 0) is 34.8 Å². The molecule has 1 fully saturated rings. The van der Waals surface area contributed by atoms with Gasteiger partial charge in [0.05, 0.1) is 13.0 Å². The van der Waals surface area contributed by atoms with Crippen LogP contribution in [0, 0.1) is 5.92 Å². The van der Waals surface area contributed by atoms with Crippen LogP contribution in [-0.4, -0.2) is 67.7 Å². The van der Waals surface area contributed by atoms with E-state index >= 15 is 0 Å². The highest BCUT2D eigenvalue weighted by atomic mass is 31.2. The van der Waals surface area contributed by atoms with Gasteiger partial charge in [-0.1, -0.05) is 30.3 Å². The van der Waals surface area contributed by atoms with E-state index in [-0.39, 0.29) is 25.2 Å². The maximum atomic E-state index is 12.2. The molecular formula is C20H30N2O11P2. The second-order valence-corrected chi connectivity index (χ2v) is 11.9. The van der Waals surface area contributed by atoms with Gasteiger partial charge in [-0.3, -0.25) is 18.7 Å². The molecule has 0 aliphatic carbocycles. The van der Waals surface area contributed by atoms with Crippen LogP contribution in [0.4, 0.5) is 4.79 Å². The predicted octanol–water partition coefficient (Wildman–Crippen LogP) is 1.50. The van der Waals surface area contributed by atoms with Crippen LogP contribution in [0.15, 0.2) is 30.3 Å². The lowest BCUT2D eigenvalue weighted by Crippen LogP contribution is -2.39. The molecule has 0 bridgehead atoms. The molecule has 0 atom stereocenters. The summed E-state index contributed by atoms with van der Waals surface area (Å²) in [5, 5.41) is 1.58. The zero-order valence-electron chi connectivity index (χ0n) is 18.9. The Balaban J connectivity index is 1.61. The maximum absolute atomic E-state index is 12.2. The van der Waals surface area contributed by atoms with Gasteiger partial charge in [0.2, 0.25) is 11.4 Å². The van der Waals surface area contributed by atoms with Gasteiger partial charge in [-0.15, -0.1) is 0 Å². The molecule has 1 heterocycles. The molecule has 13 nitrogen and oxygen atoms in total. The number of likely N-dealkylation sites (tertiary alicyclic amines) is 1. The average molecular weight is 536 g/mol. The summed E-state index contributed by atoms with van der Waals surface area (Å²) in [5.74, 6) is -1.60. The minimum Gasteiger partial charge on any atom is -0.466 e. The zero-order chi connectivity index (χ0) is 26.1. The fraction of sp³-hybridized carbons (Fsp3) is 0.550. The summed E-state index contributed by atoms with van der Waals surface area (Å²) < 4.78 is 32.7. The molecule has 0 radical (unpaired) electrons. The Morgan fingerprint density at radius 2 is 1.57 bits per heavy atom. The van der Waals surface area contributed by atoms with Crippen LogP contribution in [0.5, 0.6) is 0 Å². The van der Waals surface area contributed by atoms with E-state index < -0.39 is 45.4 Å². The molecule has 0 aromatic heterocycles. The van der Waals surface area contributed by atoms with Crippen LogP contribution in [0.2, 0.25) is 0 Å². The summed E-state index contributed by atoms with van der Waals surface area (Å²) in [6, 6.07) is 9.35. The third-order valence-corrected chi connectivity index (χ3v) is 8.69. The first-order valence-corrected chi connectivity index (χ1v) is 14.2. The van der Waals surface area contributed by atoms with Gasteiger partial charge in [0.15, 0.2) is 0 Å². The topological polar surface area (TPSA) is 200 Å². The molecule has 1 aliphatic rings. The molecule has 15 heteroatoms. The molecule has 1 aliphatic heterocycles. The molecule has 0 unspecified atom stereocenters. The summed E-state index contributed by atoms with van der Waals surface area (Å²) in [4.78, 5) is 73.3. The van der Waals surface area contributed by atoms with Gasteiger partial charge in [0.1, 0.15) is 6.61 Å². The fourth-order valence-electron chi connectivity index (χ4n) is 3.42. The Labute approximate surface area is 202 Å². The smallest absolute Gasteiger partial charge is 0.410 e. The van der Waals surface area contributed by atoms with Crippen LogP contribution >= 0.6 is 15.2 Å². The van der Waals surface area contributed by atoms with E-state index in [4.69, 9.17) is 29.0 Å². The van der Waals surface area contributed by atoms with Crippen molar-refractivity contribution in [3.63, 3.8) is 0 Å². The number of benzene rings is 1. The molecule has 0 saturated carbocycles. The predicted molar refractivity (Wildman–Crippen MR) is 122 cm³/mol. The van der Waals surface area contributed by atoms with Crippen LogP contribution in [0.25, 0.3) is 0 Å². The van der Waals surface area contributed by atoms with Crippen LogP contribution in [0.1, 0.15) is 37.7 Å². The van der Waals surface area contributed by atoms with Gasteiger partial charge >= 0.3 is 27.3 Å². The minimum atomic E-state index is -5.30. The highest BCUT2D eigenvalue weighted by Gasteiger charge is 2.44. The quantitative estimate of drug-likeness (QED) is 0.203. The van der Waals surface area contributed by atoms with Crippen molar-refractivity contribution in [1.82, 2.24) is 10.2 Å². The van der Waals surface area contributed by atoms with Crippen molar-refractivity contribution in [2.45, 2.75) is 44.2 Å². The number of nitrogens with zero attached hydrogens (tertiary/aromatic N) is 1. The van der Waals surface area contributed by atoms with Gasteiger partial charge in [-0.2, -0.15) is 0 Å². The second kappa shape index (κ2) is 13.2. The third kappa shape index (κ3) is 10.5. The zero-order valence-corrected chi connectivity index (χ0v) is 20.7. The Bertz CT molecular complexity index is 933. The number of carbonyl (C=O) groups excluding carboxylic acids is 3. The molecule has 35 heavy (non-hydrogen) atoms. The second-order valence-electron chi connectivity index (χ2n) is 8.10. The number of nitrogens with one attached hydrogen (secondary N) is 1. The first-order chi connectivity index (χ1) is 16.4. The van der Waals surface area contributed by atoms with Gasteiger partial charge in [0, 0.05) is 19.5 Å². The van der Waals surface area contributed by atoms with E-state index in [1.54, 1.807) is 10.2 Å². The highest BCUT2D eigenvalue weighted by Crippen LogP contribution is 2.58. The number of amides is 2. The summed E-state index contributed by atoms with van der Waals surface area (Å²) >= 11 is 0. The lowest BCUT2D eigenvalue weighted by Gasteiger charge is -2.31. The van der Waals surface area contributed by atoms with Gasteiger partial charge < -0.3 is 39.3 Å². The number of piperidine rings is 1. The molecule has 2 amide bonds. The Morgan fingerprint density at radius 3 is 2.14 bits per heavy atom. The van der Waals surface area contributed by atoms with Gasteiger partial charge in [0.25, 0.3) is 0 Å². The van der Waals surface area contributed by atoms with Crippen molar-refractivity contribution in [2.24, 2.45) is 5.92 Å². The summed E-state index contributed by atoms with van der Waals surface area (Å²) in [5.41, 5.74) is -1.77. The van der Waals surface area contributed by atoms with Gasteiger partial charge in [-0.05, 0) is 30.7 Å². The van der Waals surface area contributed by atoms with Crippen molar-refractivity contribution >= 4 is 33.2 Å². The van der Waals surface area contributed by atoms with Crippen molar-refractivity contribution in [3.05, 3.63) is 35.9 Å². The van der Waals surface area contributed by atoms with Crippen molar-refractivity contribution < 1.29 is 52.6 Å². The van der Waals surface area contributed by atoms with Crippen LogP contribution in [0.3, 0.4) is 0 Å². The lowest BCUT2D eigenvalue weighted by molar-refractivity contribution is -0.145. The lowest BCUT2D eigenvalue weighted by atomic mass is 9.94. The number of carbonyl (C=O) groups is 3. The number of esters is 1. The summed E-state index contributed by atoms with van der Waals surface area (Å²) in [6.07, 6.45) is 0.630. The Morgan fingerprint density at radius 1 is 0.971 bits per heavy atom. The van der Waals surface area contributed by atoms with Crippen molar-refractivity contribution in [1.29, 1.82) is 0 Å². The molecule has 1 saturated heterocycles. The SMILES string of the molecule is O=C(CCC(=O)OCCC1CCN(C(=O)OCc2ccccc2)CC1)NC(P(=O)(O)O)P(=O)(O)O. The highest BCUT2D eigenvalue weighted by molar-refractivity contribution is 7.70. The van der Waals surface area contributed by atoms with E-state index in [0.29, 0.717) is 32.4 Å². The maximum Gasteiger partial charge on any atom is 0.410 e. The first kappa shape index (κ1) is 29.0. The normalized spacial score (nSPS) is 15.1. The largest absolute Gasteiger partial charge is 0.466 e. The molecular weight excluding hydrogens is 506 g/mol. The molecule has 5 N–H and O–H groups in total. The standard InChI is InChI=1S/C20H30N2O11P2/c23-17(21-19(34(26,27)28)35(29,30)31)6-7-18(24)32-13-10-15-8-11-22(12-9-15)20(25)33-14-16-4-2-1-3-5-16/h1-5,15,19H,6-14H2,(H,21,23)(H2,26,27,28)(H2,29,30,31). The number of ether oxygens (including phenoxy) is 2. The monoisotopic (exact) mass is 536 g/mol. The Kier molecular flexibility index (Phi) is 10.9. The number of hydrogen-bond acceptors (Lipinski definition) is 7. The molecule has 2 rings (SSSR count). The van der Waals surface area contributed by atoms with E-state index in [2.05, 4.69) is 0 Å². The van der Waals surface area contributed by atoms with E-state index in [9.17, 15) is 23.5 Å². The van der Waals surface area contributed by atoms with E-state index in [1.807, 2.05) is 30.3 Å². The van der Waals surface area contributed by atoms with Gasteiger partial charge in [-0.25, -0.2) is 4.79 Å². The minimum absolute atomic E-state index is 0.0944. The van der Waals surface area contributed by atoms with E-state index in [0.717, 1.165) is 5.56 Å². The van der Waals surface area contributed by atoms with Crippen LogP contribution < -0.4 is 5.32 Å². The molecule has 0 spiro atoms. The first-order valence-electron chi connectivity index (χ1n) is 10.9.